The molecule has 4 atom stereocenters. The van der Waals surface area contributed by atoms with E-state index < -0.39 is 48.4 Å². The Bertz CT molecular complexity index is 1340. The summed E-state index contributed by atoms with van der Waals surface area (Å²) in [7, 11) is 1.11. The molecule has 1 saturated heterocycles. The Morgan fingerprint density at radius 1 is 1.18 bits per heavy atom. The minimum absolute atomic E-state index is 0.128. The summed E-state index contributed by atoms with van der Waals surface area (Å²) in [5, 5.41) is 32.5. The summed E-state index contributed by atoms with van der Waals surface area (Å²) in [6.07, 6.45) is 2.18. The number of hydrogen-bond donors (Lipinski definition) is 3. The van der Waals surface area contributed by atoms with Crippen molar-refractivity contribution in [2.75, 3.05) is 13.7 Å². The van der Waals surface area contributed by atoms with Crippen LogP contribution in [-0.2, 0) is 14.3 Å². The Kier molecular flexibility index (Phi) is 9.60. The Hall–Kier alpha value is -3.27. The van der Waals surface area contributed by atoms with Crippen LogP contribution < -0.4 is 0 Å². The zero-order valence-electron chi connectivity index (χ0n) is 22.5. The van der Waals surface area contributed by atoms with Crippen LogP contribution in [0.4, 0.5) is 4.79 Å². The molecular weight excluding hydrogens is 578 g/mol. The van der Waals surface area contributed by atoms with Gasteiger partial charge in [0, 0.05) is 16.0 Å². The summed E-state index contributed by atoms with van der Waals surface area (Å²) in [6.45, 7) is 1.54. The number of imide groups is 3. The maximum Gasteiger partial charge on any atom is 0.423 e. The van der Waals surface area contributed by atoms with Gasteiger partial charge in [0.25, 0.3) is 0 Å². The van der Waals surface area contributed by atoms with Crippen molar-refractivity contribution in [1.29, 1.82) is 0 Å². The molecule has 3 amide bonds. The number of methoxy groups -OCH3 is 1. The quantitative estimate of drug-likeness (QED) is 0.199. The number of carbonyl (C=O) groups excluding carboxylic acids is 3. The average Bonchev–Trinajstić information content (AvgIpc) is 3.21. The fourth-order valence-corrected chi connectivity index (χ4v) is 6.38. The molecule has 1 aliphatic carbocycles. The molecular formula is C31H34BrNO7. The summed E-state index contributed by atoms with van der Waals surface area (Å²) < 4.78 is 5.48. The Balaban J connectivity index is 1.67. The van der Waals surface area contributed by atoms with Crippen molar-refractivity contribution >= 4 is 45.5 Å². The second-order valence-electron chi connectivity index (χ2n) is 10.2. The van der Waals surface area contributed by atoms with Gasteiger partial charge in [-0.15, -0.1) is 0 Å². The van der Waals surface area contributed by atoms with E-state index in [4.69, 9.17) is 0 Å². The van der Waals surface area contributed by atoms with Crippen molar-refractivity contribution in [3.63, 3.8) is 0 Å². The van der Waals surface area contributed by atoms with Crippen LogP contribution in [0.3, 0.4) is 0 Å². The van der Waals surface area contributed by atoms with E-state index >= 15 is 0 Å². The average molecular weight is 613 g/mol. The highest BCUT2D eigenvalue weighted by molar-refractivity contribution is 9.10. The van der Waals surface area contributed by atoms with Crippen molar-refractivity contribution in [2.24, 2.45) is 17.8 Å². The SMILES string of the molecule is CCCC1=C([C@H](O)CC/C(=C/c2cc(Br)ccc2O)c2ccccc2)[C@H](CO)[C@@H]2C(=O)N(C(=O)OC)C(=O)[C@@H]2C1. The van der Waals surface area contributed by atoms with Crippen LogP contribution in [0.15, 0.2) is 64.1 Å². The van der Waals surface area contributed by atoms with Gasteiger partial charge in [-0.1, -0.05) is 65.2 Å². The zero-order chi connectivity index (χ0) is 29.0. The molecule has 2 aliphatic rings. The third-order valence-electron chi connectivity index (χ3n) is 7.80. The maximum atomic E-state index is 13.2. The number of ether oxygens (including phenoxy) is 1. The highest BCUT2D eigenvalue weighted by atomic mass is 79.9. The van der Waals surface area contributed by atoms with E-state index in [1.54, 1.807) is 12.1 Å². The van der Waals surface area contributed by atoms with Crippen LogP contribution in [-0.4, -0.2) is 57.9 Å². The minimum Gasteiger partial charge on any atom is -0.507 e. The van der Waals surface area contributed by atoms with Gasteiger partial charge in [0.1, 0.15) is 5.75 Å². The number of aliphatic hydroxyl groups is 2. The van der Waals surface area contributed by atoms with E-state index in [-0.39, 0.29) is 18.6 Å². The predicted molar refractivity (Wildman–Crippen MR) is 154 cm³/mol. The second-order valence-corrected chi connectivity index (χ2v) is 11.1. The summed E-state index contributed by atoms with van der Waals surface area (Å²) in [5.74, 6) is -3.70. The second kappa shape index (κ2) is 12.9. The number of allylic oxidation sites excluding steroid dienone is 2. The van der Waals surface area contributed by atoms with Crippen molar-refractivity contribution < 1.29 is 34.4 Å². The number of benzene rings is 2. The number of nitrogens with zero attached hydrogens (tertiary/aromatic N) is 1. The first-order valence-corrected chi connectivity index (χ1v) is 14.2. The molecule has 212 valence electrons. The number of likely N-dealkylation sites (tertiary alicyclic amines) is 1. The monoisotopic (exact) mass is 611 g/mol. The van der Waals surface area contributed by atoms with E-state index in [2.05, 4.69) is 20.7 Å². The Morgan fingerprint density at radius 3 is 2.55 bits per heavy atom. The van der Waals surface area contributed by atoms with E-state index in [0.717, 1.165) is 34.7 Å². The number of hydrogen-bond acceptors (Lipinski definition) is 7. The lowest BCUT2D eigenvalue weighted by Crippen LogP contribution is -2.40. The summed E-state index contributed by atoms with van der Waals surface area (Å²) in [4.78, 5) is 39.0. The first-order valence-electron chi connectivity index (χ1n) is 13.4. The van der Waals surface area contributed by atoms with E-state index in [0.29, 0.717) is 28.9 Å². The van der Waals surface area contributed by atoms with Crippen LogP contribution >= 0.6 is 15.9 Å². The molecule has 4 rings (SSSR count). The maximum absolute atomic E-state index is 13.2. The topological polar surface area (TPSA) is 124 Å². The number of fused-ring (bicyclic) bond motifs is 1. The Morgan fingerprint density at radius 2 is 1.90 bits per heavy atom. The molecule has 0 spiro atoms. The van der Waals surface area contributed by atoms with E-state index in [1.165, 1.54) is 0 Å². The molecule has 3 N–H and O–H groups in total. The van der Waals surface area contributed by atoms with Crippen LogP contribution in [0.5, 0.6) is 5.75 Å². The Labute approximate surface area is 242 Å². The highest BCUT2D eigenvalue weighted by Crippen LogP contribution is 2.47. The van der Waals surface area contributed by atoms with Crippen molar-refractivity contribution in [2.45, 2.75) is 45.1 Å². The van der Waals surface area contributed by atoms with Gasteiger partial charge in [0.15, 0.2) is 0 Å². The van der Waals surface area contributed by atoms with Gasteiger partial charge < -0.3 is 20.1 Å². The van der Waals surface area contributed by atoms with Crippen LogP contribution in [0.25, 0.3) is 11.6 Å². The fourth-order valence-electron chi connectivity index (χ4n) is 6.00. The van der Waals surface area contributed by atoms with Crippen molar-refractivity contribution in [1.82, 2.24) is 4.90 Å². The standard InChI is InChI=1S/C31H34BrNO7/c1-3-7-20-16-23-28(30(38)33(29(23)37)31(39)40-2)24(17-34)27(20)26(36)12-10-19(18-8-5-4-6-9-18)14-21-15-22(32)11-13-25(21)35/h4-6,8-9,11,13-15,23-24,26,28,34-36H,3,7,10,12,16-17H2,1-2H3/b19-14-/t23-,24+,26-,28-/m1/s1. The first-order chi connectivity index (χ1) is 19.2. The number of aromatic hydroxyl groups is 1. The van der Waals surface area contributed by atoms with Gasteiger partial charge >= 0.3 is 6.09 Å². The molecule has 1 fully saturated rings. The van der Waals surface area contributed by atoms with Crippen molar-refractivity contribution in [3.8, 4) is 5.75 Å². The predicted octanol–water partition coefficient (Wildman–Crippen LogP) is 5.31. The van der Waals surface area contributed by atoms with Crippen LogP contribution in [0.2, 0.25) is 0 Å². The van der Waals surface area contributed by atoms with Gasteiger partial charge in [0.05, 0.1) is 31.7 Å². The number of amides is 3. The molecule has 9 heteroatoms. The molecule has 0 aromatic heterocycles. The number of aliphatic hydroxyl groups excluding tert-OH is 2. The molecule has 0 bridgehead atoms. The molecule has 40 heavy (non-hydrogen) atoms. The molecule has 0 unspecified atom stereocenters. The van der Waals surface area contributed by atoms with Gasteiger partial charge in [-0.05, 0) is 66.7 Å². The largest absolute Gasteiger partial charge is 0.507 e. The number of carbonyl (C=O) groups is 3. The lowest BCUT2D eigenvalue weighted by molar-refractivity contribution is -0.137. The summed E-state index contributed by atoms with van der Waals surface area (Å²) >= 11 is 3.45. The van der Waals surface area contributed by atoms with Gasteiger partial charge in [0.2, 0.25) is 11.8 Å². The highest BCUT2D eigenvalue weighted by Gasteiger charge is 2.57. The van der Waals surface area contributed by atoms with Crippen LogP contribution in [0.1, 0.15) is 50.2 Å². The number of phenols is 1. The molecule has 1 heterocycles. The molecule has 2 aromatic carbocycles. The number of halogens is 1. The number of phenolic OH excluding ortho intramolecular Hbond substituents is 1. The van der Waals surface area contributed by atoms with Crippen molar-refractivity contribution in [3.05, 3.63) is 75.3 Å². The smallest absolute Gasteiger partial charge is 0.423 e. The number of rotatable bonds is 9. The third-order valence-corrected chi connectivity index (χ3v) is 8.29. The summed E-state index contributed by atoms with van der Waals surface area (Å²) in [5.41, 5.74) is 3.88. The van der Waals surface area contributed by atoms with Gasteiger partial charge in [-0.3, -0.25) is 9.59 Å². The molecule has 2 aromatic rings. The summed E-state index contributed by atoms with van der Waals surface area (Å²) in [6, 6.07) is 14.8. The molecule has 0 radical (unpaired) electrons. The van der Waals surface area contributed by atoms with E-state index in [1.807, 2.05) is 49.4 Å². The third kappa shape index (κ3) is 5.92. The molecule has 1 aliphatic heterocycles. The molecule has 0 saturated carbocycles. The minimum atomic E-state index is -1.03. The fraction of sp³-hybridized carbons (Fsp3) is 0.387. The van der Waals surface area contributed by atoms with Gasteiger partial charge in [-0.2, -0.15) is 4.90 Å². The lowest BCUT2D eigenvalue weighted by atomic mass is 9.67. The normalized spacial score (nSPS) is 22.0. The lowest BCUT2D eigenvalue weighted by Gasteiger charge is -2.36. The van der Waals surface area contributed by atoms with Crippen LogP contribution in [0, 0.1) is 17.8 Å². The molecule has 8 nitrogen and oxygen atoms in total. The first kappa shape index (κ1) is 29.7. The van der Waals surface area contributed by atoms with E-state index in [9.17, 15) is 29.7 Å². The van der Waals surface area contributed by atoms with Gasteiger partial charge in [-0.25, -0.2) is 4.79 Å². The zero-order valence-corrected chi connectivity index (χ0v) is 24.1.